The van der Waals surface area contributed by atoms with Gasteiger partial charge in [0, 0.05) is 16.5 Å². The molecule has 0 fully saturated rings. The first-order valence-corrected chi connectivity index (χ1v) is 11.7. The lowest BCUT2D eigenvalue weighted by Gasteiger charge is -2.37. The summed E-state index contributed by atoms with van der Waals surface area (Å²) in [4.78, 5) is 0. The maximum absolute atomic E-state index is 10.4. The molecule has 1 radical (unpaired) electrons. The highest BCUT2D eigenvalue weighted by Crippen LogP contribution is 2.34. The van der Waals surface area contributed by atoms with Crippen LogP contribution in [0.2, 0.25) is 0 Å². The molecule has 0 aliphatic carbocycles. The van der Waals surface area contributed by atoms with Gasteiger partial charge in [-0.25, -0.2) is 0 Å². The van der Waals surface area contributed by atoms with E-state index >= 15 is 0 Å². The SMILES string of the molecule is CC(C)(O)C(C)(C)O[B]c1cccc(-c2ccc3c(c2)c2ccccc2n3-c2ccccc2)c1. The molecule has 1 heterocycles. The number of rotatable bonds is 6. The zero-order valence-electron chi connectivity index (χ0n) is 20.1. The van der Waals surface area contributed by atoms with E-state index in [1.165, 1.54) is 21.8 Å². The number of benzene rings is 4. The maximum atomic E-state index is 10.4. The first-order chi connectivity index (χ1) is 16.2. The number of aromatic nitrogens is 1. The minimum atomic E-state index is -0.959. The molecule has 5 rings (SSSR count). The highest BCUT2D eigenvalue weighted by molar-refractivity contribution is 6.47. The van der Waals surface area contributed by atoms with E-state index in [4.69, 9.17) is 4.65 Å². The standard InChI is InChI=1S/C30H29BNO2/c1-29(2,33)30(3,4)34-31-23-12-10-11-21(19-23)22-17-18-28-26(20-22)25-15-8-9-16-27(25)32(28)24-13-6-5-7-14-24/h5-20,33H,1-4H3. The molecule has 169 valence electrons. The zero-order chi connectivity index (χ0) is 23.9. The Balaban J connectivity index is 1.55. The van der Waals surface area contributed by atoms with E-state index in [2.05, 4.69) is 83.4 Å². The molecular weight excluding hydrogens is 417 g/mol. The zero-order valence-corrected chi connectivity index (χ0v) is 20.1. The molecule has 1 N–H and O–H groups in total. The normalized spacial score (nSPS) is 12.4. The summed E-state index contributed by atoms with van der Waals surface area (Å²) in [6.45, 7) is 7.31. The van der Waals surface area contributed by atoms with Crippen molar-refractivity contribution in [3.05, 3.63) is 97.1 Å². The summed E-state index contributed by atoms with van der Waals surface area (Å²) < 4.78 is 8.30. The third-order valence-electron chi connectivity index (χ3n) is 6.87. The predicted molar refractivity (Wildman–Crippen MR) is 143 cm³/mol. The number of para-hydroxylation sites is 2. The van der Waals surface area contributed by atoms with Crippen LogP contribution in [0.1, 0.15) is 27.7 Å². The molecule has 0 saturated carbocycles. The van der Waals surface area contributed by atoms with Crippen LogP contribution < -0.4 is 5.46 Å². The van der Waals surface area contributed by atoms with Gasteiger partial charge < -0.3 is 14.3 Å². The summed E-state index contributed by atoms with van der Waals surface area (Å²) in [5.74, 6) is 0. The van der Waals surface area contributed by atoms with E-state index < -0.39 is 11.2 Å². The summed E-state index contributed by atoms with van der Waals surface area (Å²) in [6, 6.07) is 34.0. The topological polar surface area (TPSA) is 34.4 Å². The van der Waals surface area contributed by atoms with Crippen LogP contribution in [0.15, 0.2) is 97.1 Å². The number of aliphatic hydroxyl groups is 1. The van der Waals surface area contributed by atoms with E-state index in [1.807, 2.05) is 32.0 Å². The highest BCUT2D eigenvalue weighted by atomic mass is 16.5. The smallest absolute Gasteiger partial charge is 0.330 e. The number of hydrogen-bond donors (Lipinski definition) is 1. The molecule has 5 aromatic rings. The quantitative estimate of drug-likeness (QED) is 0.313. The van der Waals surface area contributed by atoms with Crippen LogP contribution in [0.25, 0.3) is 38.6 Å². The molecule has 0 saturated heterocycles. The van der Waals surface area contributed by atoms with Crippen LogP contribution in [0.5, 0.6) is 0 Å². The molecule has 0 spiro atoms. The van der Waals surface area contributed by atoms with Crippen molar-refractivity contribution in [3.8, 4) is 16.8 Å². The van der Waals surface area contributed by atoms with Crippen molar-refractivity contribution in [1.82, 2.24) is 4.57 Å². The largest absolute Gasteiger partial charge is 0.427 e. The van der Waals surface area contributed by atoms with Gasteiger partial charge in [0.2, 0.25) is 0 Å². The van der Waals surface area contributed by atoms with Crippen LogP contribution in [0.3, 0.4) is 0 Å². The van der Waals surface area contributed by atoms with Crippen molar-refractivity contribution in [3.63, 3.8) is 0 Å². The molecular formula is C30H29BNO2. The Kier molecular flexibility index (Phi) is 5.59. The Morgan fingerprint density at radius 1 is 0.676 bits per heavy atom. The fraction of sp³-hybridized carbons (Fsp3) is 0.200. The van der Waals surface area contributed by atoms with Gasteiger partial charge in [0.15, 0.2) is 0 Å². The van der Waals surface area contributed by atoms with Gasteiger partial charge in [-0.05, 0) is 69.2 Å². The van der Waals surface area contributed by atoms with Crippen molar-refractivity contribution < 1.29 is 9.76 Å². The first-order valence-electron chi connectivity index (χ1n) is 11.7. The molecule has 0 bridgehead atoms. The second-order valence-corrected chi connectivity index (χ2v) is 9.85. The average Bonchev–Trinajstić information content (AvgIpc) is 3.16. The van der Waals surface area contributed by atoms with Crippen molar-refractivity contribution in [2.45, 2.75) is 38.9 Å². The van der Waals surface area contributed by atoms with E-state index in [9.17, 15) is 5.11 Å². The Bertz CT molecular complexity index is 1460. The second-order valence-electron chi connectivity index (χ2n) is 9.85. The van der Waals surface area contributed by atoms with Gasteiger partial charge in [0.05, 0.1) is 22.2 Å². The molecule has 0 aliphatic heterocycles. The lowest BCUT2D eigenvalue weighted by molar-refractivity contribution is -0.0893. The summed E-state index contributed by atoms with van der Waals surface area (Å²) >= 11 is 0. The Labute approximate surface area is 201 Å². The Morgan fingerprint density at radius 3 is 2.12 bits per heavy atom. The summed E-state index contributed by atoms with van der Waals surface area (Å²) in [7, 11) is 1.74. The Morgan fingerprint density at radius 2 is 1.35 bits per heavy atom. The summed E-state index contributed by atoms with van der Waals surface area (Å²) in [5.41, 5.74) is 5.11. The fourth-order valence-electron chi connectivity index (χ4n) is 4.16. The third-order valence-corrected chi connectivity index (χ3v) is 6.87. The summed E-state index contributed by atoms with van der Waals surface area (Å²) in [5, 5.41) is 12.8. The first kappa shape index (κ1) is 22.5. The van der Waals surface area contributed by atoms with Crippen molar-refractivity contribution >= 4 is 34.8 Å². The van der Waals surface area contributed by atoms with Crippen LogP contribution in [0, 0.1) is 0 Å². The van der Waals surface area contributed by atoms with Gasteiger partial charge in [-0.3, -0.25) is 0 Å². The minimum Gasteiger partial charge on any atom is -0.427 e. The van der Waals surface area contributed by atoms with E-state index in [1.54, 1.807) is 21.3 Å². The molecule has 0 amide bonds. The molecule has 3 nitrogen and oxygen atoms in total. The number of hydrogen-bond acceptors (Lipinski definition) is 2. The van der Waals surface area contributed by atoms with Crippen LogP contribution in [0.4, 0.5) is 0 Å². The van der Waals surface area contributed by atoms with Gasteiger partial charge in [-0.1, -0.05) is 72.2 Å². The van der Waals surface area contributed by atoms with Crippen LogP contribution >= 0.6 is 0 Å². The summed E-state index contributed by atoms with van der Waals surface area (Å²) in [6.07, 6.45) is 0. The second kappa shape index (κ2) is 8.46. The van der Waals surface area contributed by atoms with Gasteiger partial charge in [-0.2, -0.15) is 0 Å². The molecule has 0 atom stereocenters. The average molecular weight is 446 g/mol. The molecule has 4 aromatic carbocycles. The van der Waals surface area contributed by atoms with Crippen molar-refractivity contribution in [2.75, 3.05) is 0 Å². The van der Waals surface area contributed by atoms with E-state index in [0.29, 0.717) is 0 Å². The van der Waals surface area contributed by atoms with Gasteiger partial charge in [0.1, 0.15) is 0 Å². The lowest BCUT2D eigenvalue weighted by Crippen LogP contribution is -2.49. The maximum Gasteiger partial charge on any atom is 0.330 e. The molecule has 4 heteroatoms. The lowest BCUT2D eigenvalue weighted by atomic mass is 9.81. The van der Waals surface area contributed by atoms with E-state index in [-0.39, 0.29) is 0 Å². The predicted octanol–water partition coefficient (Wildman–Crippen LogP) is 6.26. The Hall–Kier alpha value is -3.34. The fourth-order valence-corrected chi connectivity index (χ4v) is 4.16. The number of nitrogens with zero attached hydrogens (tertiary/aromatic N) is 1. The molecule has 1 aromatic heterocycles. The van der Waals surface area contributed by atoms with Crippen LogP contribution in [-0.4, -0.2) is 28.4 Å². The van der Waals surface area contributed by atoms with Crippen molar-refractivity contribution in [1.29, 1.82) is 0 Å². The van der Waals surface area contributed by atoms with E-state index in [0.717, 1.165) is 22.3 Å². The van der Waals surface area contributed by atoms with Crippen LogP contribution in [-0.2, 0) is 4.65 Å². The minimum absolute atomic E-state index is 0.707. The molecule has 0 unspecified atom stereocenters. The van der Waals surface area contributed by atoms with Gasteiger partial charge in [0.25, 0.3) is 0 Å². The van der Waals surface area contributed by atoms with Gasteiger partial charge >= 0.3 is 7.48 Å². The third kappa shape index (κ3) is 4.04. The monoisotopic (exact) mass is 446 g/mol. The number of fused-ring (bicyclic) bond motifs is 3. The highest BCUT2D eigenvalue weighted by Gasteiger charge is 2.35. The van der Waals surface area contributed by atoms with Crippen molar-refractivity contribution in [2.24, 2.45) is 0 Å². The van der Waals surface area contributed by atoms with Gasteiger partial charge in [-0.15, -0.1) is 0 Å². The molecule has 0 aliphatic rings. The molecule has 34 heavy (non-hydrogen) atoms.